The standard InChI is InChI=1S/C14H15ClN2O4/c1-3-21-14(20)13(12(19)8-15)17-16-11-6-4-10(5-7-11)9(2)18/h4-7,19H,3,8H2,1-2H3/b13-12+,17-16?. The van der Waals surface area contributed by atoms with Crippen LogP contribution in [0.5, 0.6) is 0 Å². The largest absolute Gasteiger partial charge is 0.508 e. The third kappa shape index (κ3) is 5.00. The number of ketones is 1. The van der Waals surface area contributed by atoms with Crippen LogP contribution in [0.25, 0.3) is 0 Å². The second kappa shape index (κ2) is 8.16. The summed E-state index contributed by atoms with van der Waals surface area (Å²) in [6, 6.07) is 6.32. The number of hydrogen-bond donors (Lipinski definition) is 1. The average molecular weight is 311 g/mol. The van der Waals surface area contributed by atoms with E-state index in [1.165, 1.54) is 6.92 Å². The molecule has 0 amide bonds. The normalized spacial score (nSPS) is 12.1. The molecule has 0 aromatic heterocycles. The van der Waals surface area contributed by atoms with Gasteiger partial charge < -0.3 is 9.84 Å². The molecule has 0 atom stereocenters. The Morgan fingerprint density at radius 3 is 2.38 bits per heavy atom. The molecule has 0 aliphatic heterocycles. The van der Waals surface area contributed by atoms with Crippen LogP contribution in [0.4, 0.5) is 5.69 Å². The number of rotatable bonds is 6. The number of Topliss-reactive ketones (excluding diaryl/α,β-unsaturated/α-hetero) is 1. The maximum Gasteiger partial charge on any atom is 0.362 e. The second-order valence-corrected chi connectivity index (χ2v) is 4.22. The van der Waals surface area contributed by atoms with E-state index in [1.807, 2.05) is 0 Å². The molecule has 0 aliphatic rings. The fraction of sp³-hybridized carbons (Fsp3) is 0.286. The maximum atomic E-state index is 11.6. The summed E-state index contributed by atoms with van der Waals surface area (Å²) in [5, 5.41) is 17.0. The van der Waals surface area contributed by atoms with Crippen LogP contribution in [0.15, 0.2) is 46.0 Å². The molecule has 1 aromatic rings. The Balaban J connectivity index is 2.98. The first-order valence-corrected chi connectivity index (χ1v) is 6.71. The zero-order chi connectivity index (χ0) is 15.8. The second-order valence-electron chi connectivity index (χ2n) is 3.95. The van der Waals surface area contributed by atoms with Crippen LogP contribution < -0.4 is 0 Å². The number of carbonyl (C=O) groups is 2. The average Bonchev–Trinajstić information content (AvgIpc) is 2.47. The Bertz CT molecular complexity index is 579. The number of allylic oxidation sites excluding steroid dienone is 1. The number of alkyl halides is 1. The zero-order valence-electron chi connectivity index (χ0n) is 11.7. The van der Waals surface area contributed by atoms with Crippen LogP contribution in [0.2, 0.25) is 0 Å². The smallest absolute Gasteiger partial charge is 0.362 e. The molecule has 112 valence electrons. The van der Waals surface area contributed by atoms with Gasteiger partial charge in [-0.05, 0) is 38.1 Å². The van der Waals surface area contributed by atoms with Crippen molar-refractivity contribution in [3.05, 3.63) is 41.3 Å². The number of nitrogens with zero attached hydrogens (tertiary/aromatic N) is 2. The van der Waals surface area contributed by atoms with Gasteiger partial charge in [-0.2, -0.15) is 5.11 Å². The van der Waals surface area contributed by atoms with Gasteiger partial charge in [-0.25, -0.2) is 4.79 Å². The number of hydrogen-bond acceptors (Lipinski definition) is 6. The quantitative estimate of drug-likeness (QED) is 0.217. The molecule has 0 saturated heterocycles. The lowest BCUT2D eigenvalue weighted by atomic mass is 10.1. The lowest BCUT2D eigenvalue weighted by Crippen LogP contribution is -2.09. The maximum absolute atomic E-state index is 11.6. The minimum atomic E-state index is -0.806. The molecule has 7 heteroatoms. The topological polar surface area (TPSA) is 88.3 Å². The molecule has 21 heavy (non-hydrogen) atoms. The molecule has 1 aromatic carbocycles. The van der Waals surface area contributed by atoms with Crippen molar-refractivity contribution in [2.45, 2.75) is 13.8 Å². The fourth-order valence-electron chi connectivity index (χ4n) is 1.35. The summed E-state index contributed by atoms with van der Waals surface area (Å²) in [4.78, 5) is 22.8. The Hall–Kier alpha value is -2.21. The van der Waals surface area contributed by atoms with E-state index in [-0.39, 0.29) is 24.0 Å². The van der Waals surface area contributed by atoms with Crippen molar-refractivity contribution in [3.63, 3.8) is 0 Å². The Morgan fingerprint density at radius 1 is 1.29 bits per heavy atom. The van der Waals surface area contributed by atoms with Crippen LogP contribution in [-0.2, 0) is 9.53 Å². The third-order valence-electron chi connectivity index (χ3n) is 2.41. The first-order valence-electron chi connectivity index (χ1n) is 6.17. The van der Waals surface area contributed by atoms with Crippen LogP contribution >= 0.6 is 11.6 Å². The number of aliphatic hydroxyl groups excluding tert-OH is 1. The van der Waals surface area contributed by atoms with Gasteiger partial charge in [0.25, 0.3) is 0 Å². The van der Waals surface area contributed by atoms with Crippen LogP contribution in [-0.4, -0.2) is 29.3 Å². The molecule has 0 heterocycles. The minimum Gasteiger partial charge on any atom is -0.508 e. The predicted octanol–water partition coefficient (Wildman–Crippen LogP) is 3.54. The van der Waals surface area contributed by atoms with Gasteiger partial charge in [-0.3, -0.25) is 4.79 Å². The highest BCUT2D eigenvalue weighted by Crippen LogP contribution is 2.17. The third-order valence-corrected chi connectivity index (χ3v) is 2.66. The molecule has 6 nitrogen and oxygen atoms in total. The van der Waals surface area contributed by atoms with Crippen molar-refractivity contribution in [2.24, 2.45) is 10.2 Å². The molecule has 0 unspecified atom stereocenters. The van der Waals surface area contributed by atoms with Crippen LogP contribution in [0, 0.1) is 0 Å². The molecular weight excluding hydrogens is 296 g/mol. The van der Waals surface area contributed by atoms with E-state index >= 15 is 0 Å². The highest BCUT2D eigenvalue weighted by atomic mass is 35.5. The first kappa shape index (κ1) is 16.8. The van der Waals surface area contributed by atoms with Crippen molar-refractivity contribution in [2.75, 3.05) is 12.5 Å². The summed E-state index contributed by atoms with van der Waals surface area (Å²) in [6.07, 6.45) is 0. The number of ether oxygens (including phenoxy) is 1. The lowest BCUT2D eigenvalue weighted by molar-refractivity contribution is -0.138. The van der Waals surface area contributed by atoms with Crippen molar-refractivity contribution in [1.82, 2.24) is 0 Å². The van der Waals surface area contributed by atoms with Gasteiger partial charge in [-0.15, -0.1) is 16.7 Å². The fourth-order valence-corrected chi connectivity index (χ4v) is 1.48. The van der Waals surface area contributed by atoms with Crippen molar-refractivity contribution < 1.29 is 19.4 Å². The van der Waals surface area contributed by atoms with Crippen LogP contribution in [0.1, 0.15) is 24.2 Å². The van der Waals surface area contributed by atoms with E-state index in [9.17, 15) is 14.7 Å². The molecular formula is C14H15ClN2O4. The van der Waals surface area contributed by atoms with Crippen LogP contribution in [0.3, 0.4) is 0 Å². The zero-order valence-corrected chi connectivity index (χ0v) is 12.4. The summed E-state index contributed by atoms with van der Waals surface area (Å²) >= 11 is 5.47. The molecule has 0 bridgehead atoms. The summed E-state index contributed by atoms with van der Waals surface area (Å²) in [5.74, 6) is -1.57. The molecule has 1 rings (SSSR count). The summed E-state index contributed by atoms with van der Waals surface area (Å²) in [5.41, 5.74) is 0.616. The molecule has 0 spiro atoms. The Kier molecular flexibility index (Phi) is 6.55. The lowest BCUT2D eigenvalue weighted by Gasteiger charge is -2.03. The van der Waals surface area contributed by atoms with E-state index < -0.39 is 11.7 Å². The van der Waals surface area contributed by atoms with Crippen molar-refractivity contribution in [3.8, 4) is 0 Å². The van der Waals surface area contributed by atoms with Gasteiger partial charge in [0.2, 0.25) is 5.70 Å². The Morgan fingerprint density at radius 2 is 1.90 bits per heavy atom. The number of benzene rings is 1. The molecule has 0 aliphatic carbocycles. The van der Waals surface area contributed by atoms with Gasteiger partial charge in [0.15, 0.2) is 5.78 Å². The molecule has 0 radical (unpaired) electrons. The van der Waals surface area contributed by atoms with Gasteiger partial charge in [-0.1, -0.05) is 0 Å². The molecule has 0 fully saturated rings. The highest BCUT2D eigenvalue weighted by Gasteiger charge is 2.16. The van der Waals surface area contributed by atoms with Crippen molar-refractivity contribution in [1.29, 1.82) is 0 Å². The summed E-state index contributed by atoms with van der Waals surface area (Å²) < 4.78 is 4.75. The SMILES string of the molecule is CCOC(=O)/C(N=Nc1ccc(C(C)=O)cc1)=C(\O)CCl. The number of azo groups is 1. The summed E-state index contributed by atoms with van der Waals surface area (Å²) in [6.45, 7) is 3.22. The number of aliphatic hydroxyl groups is 1. The molecule has 1 N–H and O–H groups in total. The van der Waals surface area contributed by atoms with E-state index in [0.717, 1.165) is 0 Å². The van der Waals surface area contributed by atoms with Gasteiger partial charge in [0, 0.05) is 5.56 Å². The van der Waals surface area contributed by atoms with Gasteiger partial charge in [0.05, 0.1) is 18.2 Å². The highest BCUT2D eigenvalue weighted by molar-refractivity contribution is 6.19. The monoisotopic (exact) mass is 310 g/mol. The van der Waals surface area contributed by atoms with Crippen molar-refractivity contribution >= 4 is 29.0 Å². The first-order chi connectivity index (χ1) is 9.99. The predicted molar refractivity (Wildman–Crippen MR) is 78.0 cm³/mol. The summed E-state index contributed by atoms with van der Waals surface area (Å²) in [7, 11) is 0. The number of esters is 1. The van der Waals surface area contributed by atoms with E-state index in [1.54, 1.807) is 31.2 Å². The van der Waals surface area contributed by atoms with Gasteiger partial charge >= 0.3 is 5.97 Å². The Labute approximate surface area is 127 Å². The molecule has 0 saturated carbocycles. The number of carbonyl (C=O) groups excluding carboxylic acids is 2. The van der Waals surface area contributed by atoms with E-state index in [2.05, 4.69) is 10.2 Å². The van der Waals surface area contributed by atoms with E-state index in [4.69, 9.17) is 16.3 Å². The number of halogens is 1. The van der Waals surface area contributed by atoms with E-state index in [0.29, 0.717) is 11.3 Å². The van der Waals surface area contributed by atoms with Gasteiger partial charge in [0.1, 0.15) is 5.76 Å². The minimum absolute atomic E-state index is 0.0645.